The lowest BCUT2D eigenvalue weighted by molar-refractivity contribution is 0.104. The second kappa shape index (κ2) is 5.14. The smallest absolute Gasteiger partial charge is 0.348 e. The van der Waals surface area contributed by atoms with E-state index in [0.29, 0.717) is 12.8 Å². The number of azo groups is 1. The lowest BCUT2D eigenvalue weighted by atomic mass is 9.57. The summed E-state index contributed by atoms with van der Waals surface area (Å²) in [6.07, 6.45) is 3.02. The highest BCUT2D eigenvalue weighted by Crippen LogP contribution is 2.50. The molecule has 6 heteroatoms. The summed E-state index contributed by atoms with van der Waals surface area (Å²) >= 11 is 0. The van der Waals surface area contributed by atoms with Gasteiger partial charge in [0, 0.05) is 0 Å². The summed E-state index contributed by atoms with van der Waals surface area (Å²) in [5, 5.41) is 26.0. The maximum Gasteiger partial charge on any atom is 0.356 e. The maximum absolute atomic E-state index is 10.7. The number of hydrogen-bond donors (Lipinski definition) is 1. The first-order valence-electron chi connectivity index (χ1n) is 5.92. The molecule has 0 radical (unpaired) electrons. The van der Waals surface area contributed by atoms with E-state index >= 15 is 0 Å². The minimum atomic E-state index is -0.904. The van der Waals surface area contributed by atoms with E-state index in [9.17, 15) is 15.3 Å². The van der Waals surface area contributed by atoms with Crippen LogP contribution < -0.4 is 5.73 Å². The quantitative estimate of drug-likeness (QED) is 0.755. The number of urea groups is 1. The molecule has 1 saturated carbocycles. The van der Waals surface area contributed by atoms with Gasteiger partial charge < -0.3 is 5.73 Å². The standard InChI is InChI=1S/C12H17N5O/c1-11(2,7-13)12(8-14)6-4-3-5-9(12)16-17-10(15)18/h9H,3-6H2,1-2H3,(H2,15,18). The summed E-state index contributed by atoms with van der Waals surface area (Å²) in [6, 6.07) is 3.12. The first-order chi connectivity index (χ1) is 8.39. The third-order valence-corrected chi connectivity index (χ3v) is 3.76. The summed E-state index contributed by atoms with van der Waals surface area (Å²) in [4.78, 5) is 10.7. The molecule has 2 atom stereocenters. The average molecular weight is 247 g/mol. The molecule has 0 heterocycles. The monoisotopic (exact) mass is 247 g/mol. The van der Waals surface area contributed by atoms with Gasteiger partial charge in [0.05, 0.1) is 29.0 Å². The molecule has 0 aromatic rings. The van der Waals surface area contributed by atoms with Gasteiger partial charge in [0.1, 0.15) is 0 Å². The van der Waals surface area contributed by atoms with Crippen molar-refractivity contribution < 1.29 is 4.79 Å². The van der Waals surface area contributed by atoms with E-state index in [2.05, 4.69) is 22.4 Å². The maximum atomic E-state index is 10.7. The summed E-state index contributed by atoms with van der Waals surface area (Å²) in [7, 11) is 0. The minimum absolute atomic E-state index is 0.446. The molecule has 1 aliphatic rings. The van der Waals surface area contributed by atoms with Gasteiger partial charge in [-0.2, -0.15) is 15.6 Å². The largest absolute Gasteiger partial charge is 0.356 e. The van der Waals surface area contributed by atoms with Gasteiger partial charge in [-0.1, -0.05) is 18.0 Å². The van der Waals surface area contributed by atoms with Gasteiger partial charge >= 0.3 is 6.03 Å². The molecule has 6 nitrogen and oxygen atoms in total. The molecule has 18 heavy (non-hydrogen) atoms. The molecule has 0 aliphatic heterocycles. The molecule has 0 aromatic heterocycles. The van der Waals surface area contributed by atoms with E-state index < -0.39 is 22.9 Å². The summed E-state index contributed by atoms with van der Waals surface area (Å²) in [6.45, 7) is 3.46. The molecule has 1 rings (SSSR count). The van der Waals surface area contributed by atoms with E-state index in [0.717, 1.165) is 12.8 Å². The Labute approximate surface area is 106 Å². The van der Waals surface area contributed by atoms with Crippen LogP contribution in [0.5, 0.6) is 0 Å². The molecule has 2 amide bonds. The van der Waals surface area contributed by atoms with E-state index in [4.69, 9.17) is 5.73 Å². The molecule has 0 aromatic carbocycles. The van der Waals surface area contributed by atoms with Crippen LogP contribution in [-0.2, 0) is 0 Å². The molecule has 2 N–H and O–H groups in total. The Morgan fingerprint density at radius 3 is 2.61 bits per heavy atom. The van der Waals surface area contributed by atoms with E-state index in [1.54, 1.807) is 13.8 Å². The first-order valence-corrected chi connectivity index (χ1v) is 5.92. The molecule has 2 unspecified atom stereocenters. The fourth-order valence-electron chi connectivity index (χ4n) is 2.54. The SMILES string of the molecule is CC(C)(C#N)C1(C#N)CCCCC1N=NC(N)=O. The van der Waals surface area contributed by atoms with Crippen molar-refractivity contribution in [3.8, 4) is 12.1 Å². The third kappa shape index (κ3) is 2.33. The van der Waals surface area contributed by atoms with Gasteiger partial charge in [-0.05, 0) is 26.7 Å². The van der Waals surface area contributed by atoms with Crippen LogP contribution in [0.15, 0.2) is 10.2 Å². The number of nitrogens with two attached hydrogens (primary N) is 1. The molecular weight excluding hydrogens is 230 g/mol. The lowest BCUT2D eigenvalue weighted by Crippen LogP contribution is -2.46. The van der Waals surface area contributed by atoms with Gasteiger partial charge in [-0.15, -0.1) is 0 Å². The Kier molecular flexibility index (Phi) is 4.03. The third-order valence-electron chi connectivity index (χ3n) is 3.76. The second-order valence-corrected chi connectivity index (χ2v) is 5.14. The highest BCUT2D eigenvalue weighted by Gasteiger charge is 2.53. The fourth-order valence-corrected chi connectivity index (χ4v) is 2.54. The highest BCUT2D eigenvalue weighted by molar-refractivity contribution is 5.71. The van der Waals surface area contributed by atoms with Crippen LogP contribution in [0.4, 0.5) is 4.79 Å². The second-order valence-electron chi connectivity index (χ2n) is 5.14. The summed E-state index contributed by atoms with van der Waals surface area (Å²) in [5.74, 6) is 0. The molecule has 96 valence electrons. The first kappa shape index (κ1) is 14.1. The number of rotatable bonds is 2. The molecule has 1 aliphatic carbocycles. The Bertz CT molecular complexity index is 442. The van der Waals surface area contributed by atoms with Crippen molar-refractivity contribution in [3.05, 3.63) is 0 Å². The lowest BCUT2D eigenvalue weighted by Gasteiger charge is -2.43. The zero-order valence-corrected chi connectivity index (χ0v) is 10.7. The number of nitrogens with zero attached hydrogens (tertiary/aromatic N) is 4. The van der Waals surface area contributed by atoms with E-state index in [1.807, 2.05) is 0 Å². The van der Waals surface area contributed by atoms with Gasteiger partial charge in [0.15, 0.2) is 0 Å². The van der Waals surface area contributed by atoms with Crippen LogP contribution in [-0.4, -0.2) is 12.1 Å². The number of carbonyl (C=O) groups is 1. The molecule has 0 bridgehead atoms. The van der Waals surface area contributed by atoms with Crippen LogP contribution >= 0.6 is 0 Å². The number of carbonyl (C=O) groups excluding carboxylic acids is 1. The van der Waals surface area contributed by atoms with Crippen molar-refractivity contribution in [2.24, 2.45) is 26.8 Å². The van der Waals surface area contributed by atoms with Crippen molar-refractivity contribution in [3.63, 3.8) is 0 Å². The zero-order chi connectivity index (χ0) is 13.8. The van der Waals surface area contributed by atoms with Crippen LogP contribution in [0, 0.1) is 33.5 Å². The normalized spacial score (nSPS) is 28.6. The van der Waals surface area contributed by atoms with Crippen LogP contribution in [0.3, 0.4) is 0 Å². The Morgan fingerprint density at radius 2 is 2.11 bits per heavy atom. The molecular formula is C12H17N5O. The van der Waals surface area contributed by atoms with E-state index in [1.165, 1.54) is 0 Å². The van der Waals surface area contributed by atoms with Crippen molar-refractivity contribution in [1.82, 2.24) is 0 Å². The number of hydrogen-bond acceptors (Lipinski definition) is 4. The van der Waals surface area contributed by atoms with Crippen molar-refractivity contribution in [2.75, 3.05) is 0 Å². The van der Waals surface area contributed by atoms with Gasteiger partial charge in [0.2, 0.25) is 0 Å². The fraction of sp³-hybridized carbons (Fsp3) is 0.750. The number of amides is 2. The number of primary amides is 1. The predicted molar refractivity (Wildman–Crippen MR) is 64.1 cm³/mol. The van der Waals surface area contributed by atoms with Gasteiger partial charge in [-0.25, -0.2) is 4.79 Å². The molecule has 1 fully saturated rings. The molecule has 0 saturated heterocycles. The van der Waals surface area contributed by atoms with Gasteiger partial charge in [-0.3, -0.25) is 0 Å². The predicted octanol–water partition coefficient (Wildman–Crippen LogP) is 2.52. The van der Waals surface area contributed by atoms with Crippen LogP contribution in [0.25, 0.3) is 0 Å². The zero-order valence-electron chi connectivity index (χ0n) is 10.7. The molecule has 0 spiro atoms. The topological polar surface area (TPSA) is 115 Å². The Hall–Kier alpha value is -1.95. The highest BCUT2D eigenvalue weighted by atomic mass is 16.2. The Balaban J connectivity index is 3.17. The summed E-state index contributed by atoms with van der Waals surface area (Å²) < 4.78 is 0. The van der Waals surface area contributed by atoms with Gasteiger partial charge in [0.25, 0.3) is 0 Å². The van der Waals surface area contributed by atoms with Crippen LogP contribution in [0.2, 0.25) is 0 Å². The van der Waals surface area contributed by atoms with Crippen molar-refractivity contribution in [1.29, 1.82) is 10.5 Å². The minimum Gasteiger partial charge on any atom is -0.348 e. The van der Waals surface area contributed by atoms with Crippen molar-refractivity contribution in [2.45, 2.75) is 45.6 Å². The van der Waals surface area contributed by atoms with E-state index in [-0.39, 0.29) is 0 Å². The van der Waals surface area contributed by atoms with Crippen molar-refractivity contribution >= 4 is 6.03 Å². The Morgan fingerprint density at radius 1 is 1.44 bits per heavy atom. The summed E-state index contributed by atoms with van der Waals surface area (Å²) in [5.41, 5.74) is 3.19. The average Bonchev–Trinajstić information content (AvgIpc) is 2.36. The van der Waals surface area contributed by atoms with Crippen LogP contribution in [0.1, 0.15) is 39.5 Å². The number of nitriles is 2.